The summed E-state index contributed by atoms with van der Waals surface area (Å²) in [5.74, 6) is 0.547. The van der Waals surface area contributed by atoms with Crippen molar-refractivity contribution in [3.63, 3.8) is 0 Å². The van der Waals surface area contributed by atoms with Crippen molar-refractivity contribution in [1.29, 1.82) is 0 Å². The molecule has 0 saturated carbocycles. The number of aliphatic hydroxyl groups excluding tert-OH is 1. The normalized spacial score (nSPS) is 14.4. The summed E-state index contributed by atoms with van der Waals surface area (Å²) in [4.78, 5) is 0. The highest BCUT2D eigenvalue weighted by Crippen LogP contribution is 2.05. The van der Waals surface area contributed by atoms with Gasteiger partial charge < -0.3 is 5.11 Å². The zero-order valence-corrected chi connectivity index (χ0v) is 8.59. The van der Waals surface area contributed by atoms with Gasteiger partial charge in [0.25, 0.3) is 0 Å². The minimum Gasteiger partial charge on any atom is -0.389 e. The number of allylic oxidation sites excluding steroid dienone is 1. The fourth-order valence-electron chi connectivity index (χ4n) is 1.05. The molecule has 0 saturated heterocycles. The van der Waals surface area contributed by atoms with Gasteiger partial charge in [-0.05, 0) is 12.3 Å². The first kappa shape index (κ1) is 11.7. The maximum absolute atomic E-state index is 9.44. The first-order chi connectivity index (χ1) is 5.66. The second kappa shape index (κ2) is 7.35. The molecule has 12 heavy (non-hydrogen) atoms. The Hall–Kier alpha value is -0.300. The van der Waals surface area contributed by atoms with Crippen LogP contribution in [0.25, 0.3) is 0 Å². The van der Waals surface area contributed by atoms with Gasteiger partial charge in [-0.25, -0.2) is 0 Å². The third kappa shape index (κ3) is 7.80. The summed E-state index contributed by atoms with van der Waals surface area (Å²) in [5.41, 5.74) is 0. The van der Waals surface area contributed by atoms with Crippen molar-refractivity contribution in [2.75, 3.05) is 0 Å². The van der Waals surface area contributed by atoms with Crippen molar-refractivity contribution in [1.82, 2.24) is 0 Å². The molecule has 0 aromatic rings. The molecule has 72 valence electrons. The largest absolute Gasteiger partial charge is 0.389 e. The Morgan fingerprint density at radius 2 is 1.83 bits per heavy atom. The molecule has 1 heteroatoms. The highest BCUT2D eigenvalue weighted by Gasteiger charge is 1.97. The minimum atomic E-state index is -0.223. The lowest BCUT2D eigenvalue weighted by molar-refractivity contribution is 0.207. The van der Waals surface area contributed by atoms with Crippen LogP contribution in [0.2, 0.25) is 0 Å². The summed E-state index contributed by atoms with van der Waals surface area (Å²) in [7, 11) is 0. The Kier molecular flexibility index (Phi) is 7.17. The van der Waals surface area contributed by atoms with Gasteiger partial charge in [0.15, 0.2) is 0 Å². The Labute approximate surface area is 76.5 Å². The van der Waals surface area contributed by atoms with Crippen LogP contribution in [-0.2, 0) is 0 Å². The molecule has 0 aliphatic heterocycles. The summed E-state index contributed by atoms with van der Waals surface area (Å²) < 4.78 is 0. The SMILES string of the molecule is CCCCC[C@H](O)/C=C/C(C)C. The van der Waals surface area contributed by atoms with Gasteiger partial charge in [0.1, 0.15) is 0 Å². The monoisotopic (exact) mass is 170 g/mol. The first-order valence-corrected chi connectivity index (χ1v) is 5.03. The van der Waals surface area contributed by atoms with Crippen molar-refractivity contribution in [2.24, 2.45) is 5.92 Å². The average molecular weight is 170 g/mol. The standard InChI is InChI=1S/C11H22O/c1-4-5-6-7-11(12)9-8-10(2)3/h8-12H,4-7H2,1-3H3/b9-8+/t11-/m0/s1. The van der Waals surface area contributed by atoms with E-state index in [0.717, 1.165) is 12.8 Å². The van der Waals surface area contributed by atoms with Gasteiger partial charge in [-0.2, -0.15) is 0 Å². The topological polar surface area (TPSA) is 20.2 Å². The molecule has 0 aromatic carbocycles. The van der Waals surface area contributed by atoms with E-state index >= 15 is 0 Å². The van der Waals surface area contributed by atoms with Crippen molar-refractivity contribution >= 4 is 0 Å². The molecule has 0 unspecified atom stereocenters. The van der Waals surface area contributed by atoms with Gasteiger partial charge >= 0.3 is 0 Å². The molecule has 0 aromatic heterocycles. The Morgan fingerprint density at radius 3 is 2.33 bits per heavy atom. The van der Waals surface area contributed by atoms with Crippen LogP contribution in [0.4, 0.5) is 0 Å². The third-order valence-electron chi connectivity index (χ3n) is 1.82. The molecular weight excluding hydrogens is 148 g/mol. The predicted molar refractivity (Wildman–Crippen MR) is 54.1 cm³/mol. The molecule has 0 aliphatic rings. The number of aliphatic hydroxyl groups is 1. The maximum atomic E-state index is 9.44. The van der Waals surface area contributed by atoms with Crippen molar-refractivity contribution in [2.45, 2.75) is 52.6 Å². The summed E-state index contributed by atoms with van der Waals surface area (Å²) in [5, 5.41) is 9.44. The fourth-order valence-corrected chi connectivity index (χ4v) is 1.05. The fraction of sp³-hybridized carbons (Fsp3) is 0.818. The quantitative estimate of drug-likeness (QED) is 0.479. The lowest BCUT2D eigenvalue weighted by Crippen LogP contribution is -2.01. The number of hydrogen-bond acceptors (Lipinski definition) is 1. The van der Waals surface area contributed by atoms with Crippen LogP contribution >= 0.6 is 0 Å². The highest BCUT2D eigenvalue weighted by molar-refractivity contribution is 4.90. The van der Waals surface area contributed by atoms with Gasteiger partial charge in [-0.1, -0.05) is 52.2 Å². The lowest BCUT2D eigenvalue weighted by Gasteiger charge is -2.04. The second-order valence-electron chi connectivity index (χ2n) is 3.69. The maximum Gasteiger partial charge on any atom is 0.0721 e. The summed E-state index contributed by atoms with van der Waals surface area (Å²) in [6.07, 6.45) is 8.26. The smallest absolute Gasteiger partial charge is 0.0721 e. The van der Waals surface area contributed by atoms with Crippen LogP contribution in [0.1, 0.15) is 46.5 Å². The van der Waals surface area contributed by atoms with Crippen LogP contribution < -0.4 is 0 Å². The molecule has 0 bridgehead atoms. The molecule has 1 N–H and O–H groups in total. The molecule has 0 heterocycles. The van der Waals surface area contributed by atoms with E-state index in [4.69, 9.17) is 0 Å². The Morgan fingerprint density at radius 1 is 1.17 bits per heavy atom. The number of unbranched alkanes of at least 4 members (excludes halogenated alkanes) is 2. The van der Waals surface area contributed by atoms with Crippen LogP contribution in [-0.4, -0.2) is 11.2 Å². The molecule has 0 spiro atoms. The van der Waals surface area contributed by atoms with E-state index in [2.05, 4.69) is 26.8 Å². The van der Waals surface area contributed by atoms with Gasteiger partial charge in [-0.15, -0.1) is 0 Å². The molecule has 1 nitrogen and oxygen atoms in total. The molecular formula is C11H22O. The Bertz CT molecular complexity index is 116. The summed E-state index contributed by atoms with van der Waals surface area (Å²) in [6.45, 7) is 6.42. The molecule has 0 radical (unpaired) electrons. The zero-order chi connectivity index (χ0) is 9.40. The van der Waals surface area contributed by atoms with Gasteiger partial charge in [0.05, 0.1) is 6.10 Å². The molecule has 0 rings (SSSR count). The minimum absolute atomic E-state index is 0.223. The first-order valence-electron chi connectivity index (χ1n) is 5.03. The zero-order valence-electron chi connectivity index (χ0n) is 8.59. The predicted octanol–water partition coefficient (Wildman–Crippen LogP) is 3.14. The van der Waals surface area contributed by atoms with Gasteiger partial charge in [0, 0.05) is 0 Å². The van der Waals surface area contributed by atoms with Crippen LogP contribution in [0, 0.1) is 5.92 Å². The van der Waals surface area contributed by atoms with Crippen LogP contribution in [0.15, 0.2) is 12.2 Å². The second-order valence-corrected chi connectivity index (χ2v) is 3.69. The molecule has 0 amide bonds. The van der Waals surface area contributed by atoms with Crippen LogP contribution in [0.3, 0.4) is 0 Å². The van der Waals surface area contributed by atoms with Crippen molar-refractivity contribution < 1.29 is 5.11 Å². The van der Waals surface area contributed by atoms with E-state index in [-0.39, 0.29) is 6.10 Å². The van der Waals surface area contributed by atoms with E-state index in [1.165, 1.54) is 12.8 Å². The van der Waals surface area contributed by atoms with E-state index < -0.39 is 0 Å². The van der Waals surface area contributed by atoms with Gasteiger partial charge in [-0.3, -0.25) is 0 Å². The third-order valence-corrected chi connectivity index (χ3v) is 1.82. The molecule has 0 aliphatic carbocycles. The van der Waals surface area contributed by atoms with E-state index in [1.54, 1.807) is 0 Å². The van der Waals surface area contributed by atoms with Gasteiger partial charge in [0.2, 0.25) is 0 Å². The van der Waals surface area contributed by atoms with E-state index in [1.807, 2.05) is 6.08 Å². The summed E-state index contributed by atoms with van der Waals surface area (Å²) in [6, 6.07) is 0. The van der Waals surface area contributed by atoms with Crippen molar-refractivity contribution in [3.8, 4) is 0 Å². The lowest BCUT2D eigenvalue weighted by atomic mass is 10.1. The van der Waals surface area contributed by atoms with Crippen molar-refractivity contribution in [3.05, 3.63) is 12.2 Å². The molecule has 1 atom stereocenters. The highest BCUT2D eigenvalue weighted by atomic mass is 16.3. The average Bonchev–Trinajstić information content (AvgIpc) is 2.01. The van der Waals surface area contributed by atoms with E-state index in [0.29, 0.717) is 5.92 Å². The summed E-state index contributed by atoms with van der Waals surface area (Å²) >= 11 is 0. The van der Waals surface area contributed by atoms with E-state index in [9.17, 15) is 5.11 Å². The number of hydrogen-bond donors (Lipinski definition) is 1. The van der Waals surface area contributed by atoms with Crippen LogP contribution in [0.5, 0.6) is 0 Å². The molecule has 0 fully saturated rings. The number of rotatable bonds is 6. The Balaban J connectivity index is 3.38.